The maximum atomic E-state index is 12.7. The Morgan fingerprint density at radius 2 is 1.97 bits per heavy atom. The number of carbonyl (C=O) groups is 2. The smallest absolute Gasteiger partial charge is 0.254 e. The monoisotopic (exact) mass is 396 g/mol. The molecule has 0 atom stereocenters. The van der Waals surface area contributed by atoms with Gasteiger partial charge in [-0.2, -0.15) is 10.1 Å². The molecule has 0 bridgehead atoms. The summed E-state index contributed by atoms with van der Waals surface area (Å²) in [7, 11) is 0. The van der Waals surface area contributed by atoms with Crippen LogP contribution in [0, 0.1) is 12.3 Å². The third-order valence-electron chi connectivity index (χ3n) is 5.90. The highest BCUT2D eigenvalue weighted by Gasteiger charge is 2.36. The molecule has 0 saturated heterocycles. The molecule has 8 nitrogen and oxygen atoms in total. The van der Waals surface area contributed by atoms with Gasteiger partial charge in [-0.25, -0.2) is 9.67 Å². The minimum atomic E-state index is -0.565. The van der Waals surface area contributed by atoms with Crippen molar-refractivity contribution in [3.8, 4) is 5.95 Å². The Morgan fingerprint density at radius 3 is 2.66 bits per heavy atom. The number of nitrogens with two attached hydrogens (primary N) is 1. The van der Waals surface area contributed by atoms with Crippen LogP contribution in [0.15, 0.2) is 6.20 Å². The molecule has 1 saturated carbocycles. The molecule has 2 aromatic rings. The molecule has 0 spiro atoms. The van der Waals surface area contributed by atoms with Crippen LogP contribution in [0.1, 0.15) is 84.5 Å². The highest BCUT2D eigenvalue weighted by atomic mass is 16.1. The van der Waals surface area contributed by atoms with Crippen molar-refractivity contribution in [2.24, 2.45) is 11.1 Å². The lowest BCUT2D eigenvalue weighted by atomic mass is 9.75. The molecule has 0 unspecified atom stereocenters. The zero-order chi connectivity index (χ0) is 20.8. The van der Waals surface area contributed by atoms with Crippen LogP contribution in [-0.2, 0) is 6.42 Å². The lowest BCUT2D eigenvalue weighted by Gasteiger charge is -2.29. The SMILES string of the molecule is Cc1nn(-c2ncc(C(N)=O)c(NC3CCCCC3)n2)c2c1C(=O)CC(C)(C)C2. The molecule has 0 aliphatic heterocycles. The molecular formula is C21H28N6O2. The van der Waals surface area contributed by atoms with Gasteiger partial charge in [0.1, 0.15) is 5.82 Å². The summed E-state index contributed by atoms with van der Waals surface area (Å²) in [4.78, 5) is 33.6. The maximum Gasteiger partial charge on any atom is 0.254 e. The second-order valence-electron chi connectivity index (χ2n) is 9.04. The maximum absolute atomic E-state index is 12.7. The zero-order valence-corrected chi connectivity index (χ0v) is 17.3. The summed E-state index contributed by atoms with van der Waals surface area (Å²) >= 11 is 0. The predicted molar refractivity (Wildman–Crippen MR) is 109 cm³/mol. The van der Waals surface area contributed by atoms with Crippen molar-refractivity contribution in [1.29, 1.82) is 0 Å². The van der Waals surface area contributed by atoms with E-state index in [-0.39, 0.29) is 22.8 Å². The van der Waals surface area contributed by atoms with Crippen molar-refractivity contribution in [3.63, 3.8) is 0 Å². The van der Waals surface area contributed by atoms with Crippen LogP contribution in [0.5, 0.6) is 0 Å². The fourth-order valence-corrected chi connectivity index (χ4v) is 4.51. The Kier molecular flexibility index (Phi) is 4.88. The van der Waals surface area contributed by atoms with E-state index in [0.717, 1.165) is 31.4 Å². The predicted octanol–water partition coefficient (Wildman–Crippen LogP) is 2.97. The first-order valence-electron chi connectivity index (χ1n) is 10.3. The average Bonchev–Trinajstić information content (AvgIpc) is 2.97. The van der Waals surface area contributed by atoms with Crippen molar-refractivity contribution in [2.75, 3.05) is 5.32 Å². The van der Waals surface area contributed by atoms with Gasteiger partial charge in [0.15, 0.2) is 5.78 Å². The lowest BCUT2D eigenvalue weighted by molar-refractivity contribution is 0.0909. The van der Waals surface area contributed by atoms with Gasteiger partial charge in [0.05, 0.1) is 22.5 Å². The number of Topliss-reactive ketones (excluding diaryl/α,β-unsaturated/α-hetero) is 1. The molecule has 1 fully saturated rings. The number of aromatic nitrogens is 4. The Labute approximate surface area is 170 Å². The van der Waals surface area contributed by atoms with E-state index in [2.05, 4.69) is 34.2 Å². The number of rotatable bonds is 4. The molecule has 29 heavy (non-hydrogen) atoms. The molecule has 8 heteroatoms. The summed E-state index contributed by atoms with van der Waals surface area (Å²) in [5.41, 5.74) is 7.87. The molecule has 3 N–H and O–H groups in total. The van der Waals surface area contributed by atoms with Gasteiger partial charge in [-0.1, -0.05) is 33.1 Å². The van der Waals surface area contributed by atoms with E-state index >= 15 is 0 Å². The standard InChI is InChI=1S/C21H28N6O2/c1-12-17-15(9-21(2,3)10-16(17)28)27(26-12)20-23-11-14(18(22)29)19(25-20)24-13-7-5-4-6-8-13/h11,13H,4-10H2,1-3H3,(H2,22,29)(H,23,24,25). The fourth-order valence-electron chi connectivity index (χ4n) is 4.51. The van der Waals surface area contributed by atoms with Crippen molar-refractivity contribution >= 4 is 17.5 Å². The summed E-state index contributed by atoms with van der Waals surface area (Å²) in [5.74, 6) is 0.333. The van der Waals surface area contributed by atoms with Gasteiger partial charge in [0.2, 0.25) is 0 Å². The quantitative estimate of drug-likeness (QED) is 0.821. The van der Waals surface area contributed by atoms with Crippen molar-refractivity contribution in [2.45, 2.75) is 71.8 Å². The second kappa shape index (κ2) is 7.24. The van der Waals surface area contributed by atoms with Crippen LogP contribution in [0.2, 0.25) is 0 Å². The first kappa shape index (κ1) is 19.5. The molecule has 4 rings (SSSR count). The third kappa shape index (κ3) is 3.75. The molecular weight excluding hydrogens is 368 g/mol. The first-order valence-corrected chi connectivity index (χ1v) is 10.3. The van der Waals surface area contributed by atoms with Crippen molar-refractivity contribution < 1.29 is 9.59 Å². The van der Waals surface area contributed by atoms with Crippen LogP contribution in [0.4, 0.5) is 5.82 Å². The summed E-state index contributed by atoms with van der Waals surface area (Å²) in [6.07, 6.45) is 8.29. The number of aryl methyl sites for hydroxylation is 1. The van der Waals surface area contributed by atoms with Gasteiger partial charge < -0.3 is 11.1 Å². The van der Waals surface area contributed by atoms with Crippen molar-refractivity contribution in [3.05, 3.63) is 28.7 Å². The largest absolute Gasteiger partial charge is 0.367 e. The summed E-state index contributed by atoms with van der Waals surface area (Å²) in [6.45, 7) is 5.99. The van der Waals surface area contributed by atoms with Gasteiger partial charge in [0, 0.05) is 18.7 Å². The van der Waals surface area contributed by atoms with Gasteiger partial charge >= 0.3 is 0 Å². The van der Waals surface area contributed by atoms with Crippen LogP contribution in [-0.4, -0.2) is 37.5 Å². The minimum absolute atomic E-state index is 0.106. The molecule has 2 aliphatic carbocycles. The van der Waals surface area contributed by atoms with E-state index in [1.165, 1.54) is 12.6 Å². The number of amides is 1. The van der Waals surface area contributed by atoms with E-state index in [0.29, 0.717) is 35.9 Å². The number of hydrogen-bond donors (Lipinski definition) is 2. The van der Waals surface area contributed by atoms with Crippen LogP contribution in [0.25, 0.3) is 5.95 Å². The topological polar surface area (TPSA) is 116 Å². The second-order valence-corrected chi connectivity index (χ2v) is 9.04. The van der Waals surface area contributed by atoms with Gasteiger partial charge in [-0.05, 0) is 31.6 Å². The summed E-state index contributed by atoms with van der Waals surface area (Å²) in [6, 6.07) is 0.262. The van der Waals surface area contributed by atoms with E-state index in [1.807, 2.05) is 6.92 Å². The molecule has 0 aromatic carbocycles. The normalized spacial score (nSPS) is 19.1. The number of nitrogens with one attached hydrogen (secondary N) is 1. The van der Waals surface area contributed by atoms with Crippen LogP contribution in [0.3, 0.4) is 0 Å². The van der Waals surface area contributed by atoms with E-state index in [4.69, 9.17) is 5.73 Å². The summed E-state index contributed by atoms with van der Waals surface area (Å²) in [5, 5.41) is 7.96. The Morgan fingerprint density at radius 1 is 1.24 bits per heavy atom. The number of fused-ring (bicyclic) bond motifs is 1. The van der Waals surface area contributed by atoms with E-state index < -0.39 is 5.91 Å². The van der Waals surface area contributed by atoms with E-state index in [1.54, 1.807) is 4.68 Å². The lowest BCUT2D eigenvalue weighted by Crippen LogP contribution is -2.29. The van der Waals surface area contributed by atoms with Crippen LogP contribution >= 0.6 is 0 Å². The number of nitrogens with zero attached hydrogens (tertiary/aromatic N) is 4. The number of primary amides is 1. The summed E-state index contributed by atoms with van der Waals surface area (Å²) < 4.78 is 1.65. The molecule has 154 valence electrons. The van der Waals surface area contributed by atoms with E-state index in [9.17, 15) is 9.59 Å². The third-order valence-corrected chi connectivity index (χ3v) is 5.90. The van der Waals surface area contributed by atoms with Gasteiger partial charge in [-0.3, -0.25) is 9.59 Å². The number of hydrogen-bond acceptors (Lipinski definition) is 6. The molecule has 0 radical (unpaired) electrons. The van der Waals surface area contributed by atoms with Gasteiger partial charge in [0.25, 0.3) is 11.9 Å². The number of ketones is 1. The molecule has 2 aromatic heterocycles. The highest BCUT2D eigenvalue weighted by Crippen LogP contribution is 2.36. The highest BCUT2D eigenvalue weighted by molar-refractivity contribution is 6.00. The van der Waals surface area contributed by atoms with Gasteiger partial charge in [-0.15, -0.1) is 0 Å². The zero-order valence-electron chi connectivity index (χ0n) is 17.3. The minimum Gasteiger partial charge on any atom is -0.367 e. The molecule has 2 heterocycles. The Balaban J connectivity index is 1.76. The molecule has 2 aliphatic rings. The van der Waals surface area contributed by atoms with Crippen molar-refractivity contribution in [1.82, 2.24) is 19.7 Å². The number of anilines is 1. The Hall–Kier alpha value is -2.77. The average molecular weight is 396 g/mol. The van der Waals surface area contributed by atoms with Crippen LogP contribution < -0.4 is 11.1 Å². The fraction of sp³-hybridized carbons (Fsp3) is 0.571. The first-order chi connectivity index (χ1) is 13.7. The number of carbonyl (C=O) groups excluding carboxylic acids is 2. The molecule has 1 amide bonds. The Bertz CT molecular complexity index is 972.